The van der Waals surface area contributed by atoms with Crippen LogP contribution in [0.4, 0.5) is 21.0 Å². The Hall–Kier alpha value is -5.53. The molecule has 2 aromatic carbocycles. The molecule has 0 bridgehead atoms. The number of carbonyl (C=O) groups is 5. The molecule has 4 aliphatic rings. The van der Waals surface area contributed by atoms with Gasteiger partial charge in [-0.05, 0) is 81.3 Å². The van der Waals surface area contributed by atoms with Gasteiger partial charge in [-0.25, -0.2) is 14.4 Å². The predicted molar refractivity (Wildman–Crippen MR) is 242 cm³/mol. The quantitative estimate of drug-likeness (QED) is 0.0647. The van der Waals surface area contributed by atoms with Crippen molar-refractivity contribution >= 4 is 69.1 Å². The van der Waals surface area contributed by atoms with Gasteiger partial charge >= 0.3 is 0 Å². The third-order valence-corrected chi connectivity index (χ3v) is 13.6. The Kier molecular flexibility index (Phi) is 15.0. The van der Waals surface area contributed by atoms with Crippen LogP contribution in [0.1, 0.15) is 73.0 Å². The minimum Gasteiger partial charge on any atom is -0.487 e. The van der Waals surface area contributed by atoms with E-state index in [9.17, 15) is 28.4 Å². The Bertz CT molecular complexity index is 2360. The lowest BCUT2D eigenvalue weighted by Gasteiger charge is -2.41. The van der Waals surface area contributed by atoms with Crippen LogP contribution in [-0.4, -0.2) is 113 Å². The van der Waals surface area contributed by atoms with Crippen LogP contribution in [0.15, 0.2) is 66.2 Å². The molecule has 5 heterocycles. The van der Waals surface area contributed by atoms with Crippen LogP contribution >= 0.6 is 22.9 Å². The third-order valence-electron chi connectivity index (χ3n) is 12.6. The zero-order chi connectivity index (χ0) is 45.3. The van der Waals surface area contributed by atoms with Crippen LogP contribution < -0.4 is 31.3 Å². The predicted octanol–water partition coefficient (Wildman–Crippen LogP) is 5.21. The summed E-state index contributed by atoms with van der Waals surface area (Å²) in [7, 11) is 0. The molecule has 8 rings (SSSR count). The van der Waals surface area contributed by atoms with Gasteiger partial charge in [-0.15, -0.1) is 11.3 Å². The minimum atomic E-state index is -0.739. The molecule has 344 valence electrons. The standard InChI is InChI=1S/C46H53ClFN9O7S/c47-34-6-3-8-37(41(34)48)64-31-12-16-46(17-13-31,26-30-4-1-9-38(51-30)54-45-50-20-25-65-45)44(62)52-29-14-21-56(22-15-29)23-18-49-19-24-63-28-40(59)53-35-7-2-5-32-33(35)27-57(43(32)61)36-10-11-39(58)55-42(36)60/h1-9,20,25,29,31,36,49H,10-19,21-24,26-28H2,(H,52,62)(H,53,59)(H,50,51,54)(H,55,58,60)/t31-,36?,46-. The number of thiazole rings is 1. The van der Waals surface area contributed by atoms with E-state index in [0.29, 0.717) is 67.9 Å². The fourth-order valence-electron chi connectivity index (χ4n) is 9.09. The van der Waals surface area contributed by atoms with E-state index in [1.807, 2.05) is 23.6 Å². The number of hydrogen-bond donors (Lipinski definition) is 5. The number of pyridine rings is 1. The average Bonchev–Trinajstić information content (AvgIpc) is 3.94. The maximum Gasteiger partial charge on any atom is 0.255 e. The van der Waals surface area contributed by atoms with Gasteiger partial charge in [0.25, 0.3) is 5.91 Å². The summed E-state index contributed by atoms with van der Waals surface area (Å²) in [6, 6.07) is 14.9. The van der Waals surface area contributed by atoms with Crippen LogP contribution in [0, 0.1) is 11.2 Å². The molecule has 5 N–H and O–H groups in total. The largest absolute Gasteiger partial charge is 0.487 e. The number of carbonyl (C=O) groups excluding carboxylic acids is 5. The molecule has 3 aliphatic heterocycles. The second kappa shape index (κ2) is 21.2. The number of ether oxygens (including phenoxy) is 2. The summed E-state index contributed by atoms with van der Waals surface area (Å²) in [5.41, 5.74) is 1.62. The molecule has 0 spiro atoms. The Balaban J connectivity index is 0.756. The lowest BCUT2D eigenvalue weighted by Crippen LogP contribution is -2.52. The highest BCUT2D eigenvalue weighted by Gasteiger charge is 2.44. The second-order valence-corrected chi connectivity index (χ2v) is 18.3. The van der Waals surface area contributed by atoms with Gasteiger partial charge < -0.3 is 40.5 Å². The van der Waals surface area contributed by atoms with E-state index in [0.717, 1.165) is 49.8 Å². The van der Waals surface area contributed by atoms with Crippen molar-refractivity contribution in [3.8, 4) is 5.75 Å². The van der Waals surface area contributed by atoms with Gasteiger partial charge in [0, 0.05) is 92.2 Å². The molecule has 65 heavy (non-hydrogen) atoms. The number of likely N-dealkylation sites (tertiary alicyclic amines) is 1. The van der Waals surface area contributed by atoms with E-state index in [1.165, 1.54) is 22.3 Å². The Morgan fingerprint density at radius 1 is 0.985 bits per heavy atom. The first kappa shape index (κ1) is 46.0. The molecule has 3 fully saturated rings. The number of benzene rings is 2. The van der Waals surface area contributed by atoms with Crippen LogP contribution in [0.3, 0.4) is 0 Å². The van der Waals surface area contributed by atoms with Crippen molar-refractivity contribution in [2.45, 2.75) is 82.5 Å². The normalized spacial score (nSPS) is 21.4. The van der Waals surface area contributed by atoms with Crippen molar-refractivity contribution in [3.63, 3.8) is 0 Å². The number of nitrogens with zero attached hydrogens (tertiary/aromatic N) is 4. The average molecular weight is 931 g/mol. The molecular formula is C46H53ClFN9O7S. The van der Waals surface area contributed by atoms with Crippen molar-refractivity contribution in [2.75, 3.05) is 56.6 Å². The molecule has 2 aromatic heterocycles. The van der Waals surface area contributed by atoms with E-state index >= 15 is 0 Å². The first-order chi connectivity index (χ1) is 31.5. The number of amides is 5. The van der Waals surface area contributed by atoms with Crippen molar-refractivity contribution in [1.82, 2.24) is 35.7 Å². The molecule has 5 amide bonds. The maximum absolute atomic E-state index is 14.7. The van der Waals surface area contributed by atoms with Gasteiger partial charge in [0.05, 0.1) is 23.1 Å². The molecular weight excluding hydrogens is 877 g/mol. The van der Waals surface area contributed by atoms with Crippen molar-refractivity contribution in [3.05, 3.63) is 93.8 Å². The summed E-state index contributed by atoms with van der Waals surface area (Å²) in [6.07, 6.45) is 6.25. The van der Waals surface area contributed by atoms with Crippen LogP contribution in [0.25, 0.3) is 0 Å². The summed E-state index contributed by atoms with van der Waals surface area (Å²) in [4.78, 5) is 77.3. The topological polar surface area (TPSA) is 196 Å². The highest BCUT2D eigenvalue weighted by atomic mass is 35.5. The van der Waals surface area contributed by atoms with E-state index in [1.54, 1.807) is 36.5 Å². The number of nitrogens with one attached hydrogen (secondary N) is 5. The number of anilines is 3. The number of fused-ring (bicyclic) bond motifs is 1. The Morgan fingerprint density at radius 3 is 2.57 bits per heavy atom. The lowest BCUT2D eigenvalue weighted by atomic mass is 9.69. The van der Waals surface area contributed by atoms with Gasteiger partial charge in [-0.1, -0.05) is 29.8 Å². The first-order valence-corrected chi connectivity index (χ1v) is 23.4. The highest BCUT2D eigenvalue weighted by molar-refractivity contribution is 7.13. The SMILES string of the molecule is O=C1CCC(N2Cc3c(NC(=O)COCCNCCN4CCC(NC(=O)[C@]5(Cc6cccc(Nc7nccs7)n6)CC[C@@H](Oc6cccc(Cl)c6F)CC5)CC4)cccc3C2=O)C(=O)N1. The van der Waals surface area contributed by atoms with E-state index in [-0.39, 0.29) is 72.5 Å². The van der Waals surface area contributed by atoms with Crippen molar-refractivity contribution in [1.29, 1.82) is 0 Å². The zero-order valence-electron chi connectivity index (χ0n) is 35.9. The molecule has 2 saturated heterocycles. The Morgan fingerprint density at radius 2 is 1.78 bits per heavy atom. The summed E-state index contributed by atoms with van der Waals surface area (Å²) in [5.74, 6) is -1.29. The number of hydrogen-bond acceptors (Lipinski definition) is 13. The molecule has 16 nitrogen and oxygen atoms in total. The fourth-order valence-corrected chi connectivity index (χ4v) is 9.79. The molecule has 0 radical (unpaired) electrons. The van der Waals surface area contributed by atoms with Crippen molar-refractivity contribution < 1.29 is 37.8 Å². The first-order valence-electron chi connectivity index (χ1n) is 22.1. The fraction of sp³-hybridized carbons (Fsp3) is 0.457. The summed E-state index contributed by atoms with van der Waals surface area (Å²) >= 11 is 7.50. The molecule has 1 unspecified atom stereocenters. The van der Waals surface area contributed by atoms with Gasteiger partial charge in [-0.2, -0.15) is 0 Å². The summed E-state index contributed by atoms with van der Waals surface area (Å²) < 4.78 is 26.4. The number of halogens is 2. The molecule has 4 aromatic rings. The molecule has 1 atom stereocenters. The third kappa shape index (κ3) is 11.5. The Labute approximate surface area is 385 Å². The zero-order valence-corrected chi connectivity index (χ0v) is 37.5. The highest BCUT2D eigenvalue weighted by Crippen LogP contribution is 2.42. The van der Waals surface area contributed by atoms with E-state index in [4.69, 9.17) is 26.1 Å². The van der Waals surface area contributed by atoms with Gasteiger partial charge in [-0.3, -0.25) is 29.3 Å². The van der Waals surface area contributed by atoms with Gasteiger partial charge in [0.15, 0.2) is 16.7 Å². The molecule has 19 heteroatoms. The maximum atomic E-state index is 14.7. The van der Waals surface area contributed by atoms with Crippen LogP contribution in [0.5, 0.6) is 5.75 Å². The van der Waals surface area contributed by atoms with Gasteiger partial charge in [0.1, 0.15) is 18.5 Å². The number of rotatable bonds is 18. The van der Waals surface area contributed by atoms with Gasteiger partial charge in [0.2, 0.25) is 23.6 Å². The number of piperidine rings is 2. The minimum absolute atomic E-state index is 0.00931. The number of aromatic nitrogens is 2. The van der Waals surface area contributed by atoms with Crippen molar-refractivity contribution in [2.24, 2.45) is 5.41 Å². The second-order valence-electron chi connectivity index (χ2n) is 17.0. The van der Waals surface area contributed by atoms with Crippen LogP contribution in [-0.2, 0) is 36.9 Å². The number of imide groups is 1. The van der Waals surface area contributed by atoms with E-state index in [2.05, 4.69) is 36.5 Å². The summed E-state index contributed by atoms with van der Waals surface area (Å²) in [6.45, 7) is 4.10. The van der Waals surface area contributed by atoms with Crippen LogP contribution in [0.2, 0.25) is 5.02 Å². The molecule has 1 saturated carbocycles. The molecule has 1 aliphatic carbocycles. The lowest BCUT2D eigenvalue weighted by molar-refractivity contribution is -0.137. The monoisotopic (exact) mass is 929 g/mol. The summed E-state index contributed by atoms with van der Waals surface area (Å²) in [5, 5.41) is 17.8. The van der Waals surface area contributed by atoms with E-state index < -0.39 is 23.2 Å². The smallest absolute Gasteiger partial charge is 0.255 e.